The lowest BCUT2D eigenvalue weighted by Gasteiger charge is -2.40. The maximum atomic E-state index is 13.0. The molecule has 3 heterocycles. The Hall–Kier alpha value is -1.89. The van der Waals surface area contributed by atoms with Gasteiger partial charge in [0.25, 0.3) is 0 Å². The molecule has 3 rings (SSSR count). The normalized spacial score (nSPS) is 22.9. The van der Waals surface area contributed by atoms with E-state index in [1.165, 1.54) is 6.42 Å². The third-order valence-corrected chi connectivity index (χ3v) is 5.48. The summed E-state index contributed by atoms with van der Waals surface area (Å²) >= 11 is 0. The third-order valence-electron chi connectivity index (χ3n) is 5.48. The van der Waals surface area contributed by atoms with Gasteiger partial charge in [0.1, 0.15) is 0 Å². The molecule has 2 saturated heterocycles. The maximum absolute atomic E-state index is 13.0. The summed E-state index contributed by atoms with van der Waals surface area (Å²) in [5.41, 5.74) is 5.26. The van der Waals surface area contributed by atoms with Crippen LogP contribution in [0.5, 0.6) is 0 Å². The second kappa shape index (κ2) is 8.47. The van der Waals surface area contributed by atoms with Gasteiger partial charge in [0.05, 0.1) is 6.54 Å². The van der Waals surface area contributed by atoms with E-state index in [9.17, 15) is 9.59 Å². The first kappa shape index (κ1) is 17.9. The standard InChI is InChI=1S/C18H29N5O2/c19-17(24)14-21-11-5-15(6-12-21)18(25)23-10-2-1-4-16(23)7-13-22-9-3-8-20-22/h3,8-9,15-16H,1-2,4-7,10-14H2,(H2,19,24). The first-order valence-corrected chi connectivity index (χ1v) is 9.42. The molecule has 2 fully saturated rings. The average Bonchev–Trinajstić information content (AvgIpc) is 3.13. The molecule has 2 aliphatic heterocycles. The zero-order valence-electron chi connectivity index (χ0n) is 14.8. The molecule has 0 spiro atoms. The SMILES string of the molecule is NC(=O)CN1CCC(C(=O)N2CCCCC2CCn2cccn2)CC1. The van der Waals surface area contributed by atoms with E-state index >= 15 is 0 Å². The number of rotatable bonds is 6. The van der Waals surface area contributed by atoms with Crippen molar-refractivity contribution in [2.45, 2.75) is 51.1 Å². The van der Waals surface area contributed by atoms with Crippen LogP contribution in [0.1, 0.15) is 38.5 Å². The summed E-state index contributed by atoms with van der Waals surface area (Å²) in [6.45, 7) is 3.61. The van der Waals surface area contributed by atoms with E-state index in [-0.39, 0.29) is 11.8 Å². The van der Waals surface area contributed by atoms with E-state index in [0.29, 0.717) is 18.5 Å². The number of hydrogen-bond acceptors (Lipinski definition) is 4. The molecule has 7 heteroatoms. The van der Waals surface area contributed by atoms with Gasteiger partial charge in [-0.3, -0.25) is 19.2 Å². The van der Waals surface area contributed by atoms with Gasteiger partial charge in [-0.15, -0.1) is 0 Å². The van der Waals surface area contributed by atoms with Crippen molar-refractivity contribution in [1.29, 1.82) is 0 Å². The molecule has 0 aliphatic carbocycles. The molecule has 1 atom stereocenters. The van der Waals surface area contributed by atoms with Crippen LogP contribution in [0.2, 0.25) is 0 Å². The van der Waals surface area contributed by atoms with Crippen molar-refractivity contribution in [3.05, 3.63) is 18.5 Å². The Balaban J connectivity index is 1.53. The van der Waals surface area contributed by atoms with Crippen LogP contribution >= 0.6 is 0 Å². The zero-order chi connectivity index (χ0) is 17.6. The van der Waals surface area contributed by atoms with E-state index in [1.54, 1.807) is 6.20 Å². The fourth-order valence-electron chi connectivity index (χ4n) is 4.10. The van der Waals surface area contributed by atoms with Gasteiger partial charge in [-0.25, -0.2) is 0 Å². The second-order valence-electron chi connectivity index (χ2n) is 7.26. The molecule has 25 heavy (non-hydrogen) atoms. The summed E-state index contributed by atoms with van der Waals surface area (Å²) < 4.78 is 1.94. The molecular weight excluding hydrogens is 318 g/mol. The Morgan fingerprint density at radius 3 is 2.60 bits per heavy atom. The molecule has 2 aliphatic rings. The maximum Gasteiger partial charge on any atom is 0.231 e. The highest BCUT2D eigenvalue weighted by molar-refractivity contribution is 5.79. The van der Waals surface area contributed by atoms with Crippen molar-refractivity contribution >= 4 is 11.8 Å². The fraction of sp³-hybridized carbons (Fsp3) is 0.722. The molecule has 0 saturated carbocycles. The van der Waals surface area contributed by atoms with E-state index in [2.05, 4.69) is 14.9 Å². The summed E-state index contributed by atoms with van der Waals surface area (Å²) in [6.07, 6.45) is 9.78. The molecule has 7 nitrogen and oxygen atoms in total. The first-order valence-electron chi connectivity index (χ1n) is 9.42. The molecule has 2 amide bonds. The second-order valence-corrected chi connectivity index (χ2v) is 7.26. The van der Waals surface area contributed by atoms with Gasteiger partial charge in [0.15, 0.2) is 0 Å². The average molecular weight is 347 g/mol. The van der Waals surface area contributed by atoms with Crippen molar-refractivity contribution < 1.29 is 9.59 Å². The molecule has 0 aromatic carbocycles. The smallest absolute Gasteiger partial charge is 0.231 e. The van der Waals surface area contributed by atoms with Crippen LogP contribution in [0.4, 0.5) is 0 Å². The molecule has 2 N–H and O–H groups in total. The van der Waals surface area contributed by atoms with Crippen LogP contribution in [0.25, 0.3) is 0 Å². The number of piperidine rings is 2. The lowest BCUT2D eigenvalue weighted by Crippen LogP contribution is -2.49. The summed E-state index contributed by atoms with van der Waals surface area (Å²) in [7, 11) is 0. The highest BCUT2D eigenvalue weighted by Gasteiger charge is 2.33. The van der Waals surface area contributed by atoms with E-state index in [0.717, 1.165) is 58.3 Å². The number of amides is 2. The number of aromatic nitrogens is 2. The van der Waals surface area contributed by atoms with Crippen molar-refractivity contribution in [2.75, 3.05) is 26.2 Å². The van der Waals surface area contributed by atoms with Gasteiger partial charge in [-0.1, -0.05) is 0 Å². The lowest BCUT2D eigenvalue weighted by atomic mass is 9.91. The highest BCUT2D eigenvalue weighted by atomic mass is 16.2. The van der Waals surface area contributed by atoms with Crippen molar-refractivity contribution in [2.24, 2.45) is 11.7 Å². The van der Waals surface area contributed by atoms with Gasteiger partial charge in [0.2, 0.25) is 11.8 Å². The molecule has 1 unspecified atom stereocenters. The van der Waals surface area contributed by atoms with Crippen molar-refractivity contribution in [3.63, 3.8) is 0 Å². The fourth-order valence-corrected chi connectivity index (χ4v) is 4.10. The minimum absolute atomic E-state index is 0.0921. The largest absolute Gasteiger partial charge is 0.369 e. The van der Waals surface area contributed by atoms with E-state index in [4.69, 9.17) is 5.73 Å². The van der Waals surface area contributed by atoms with E-state index < -0.39 is 0 Å². The van der Waals surface area contributed by atoms with Gasteiger partial charge in [0, 0.05) is 37.4 Å². The highest BCUT2D eigenvalue weighted by Crippen LogP contribution is 2.26. The molecule has 1 aromatic rings. The van der Waals surface area contributed by atoms with Gasteiger partial charge in [-0.2, -0.15) is 5.10 Å². The molecule has 0 bridgehead atoms. The zero-order valence-corrected chi connectivity index (χ0v) is 14.8. The Morgan fingerprint density at radius 2 is 1.92 bits per heavy atom. The number of aryl methyl sites for hydroxylation is 1. The monoisotopic (exact) mass is 347 g/mol. The minimum Gasteiger partial charge on any atom is -0.369 e. The van der Waals surface area contributed by atoms with Crippen molar-refractivity contribution in [1.82, 2.24) is 19.6 Å². The summed E-state index contributed by atoms with van der Waals surface area (Å²) in [4.78, 5) is 28.3. The number of nitrogens with two attached hydrogens (primary N) is 1. The Labute approximate surface area is 149 Å². The number of likely N-dealkylation sites (tertiary alicyclic amines) is 2. The number of carbonyl (C=O) groups excluding carboxylic acids is 2. The Bertz CT molecular complexity index is 566. The number of nitrogens with zero attached hydrogens (tertiary/aromatic N) is 4. The topological polar surface area (TPSA) is 84.5 Å². The van der Waals surface area contributed by atoms with Crippen molar-refractivity contribution in [3.8, 4) is 0 Å². The van der Waals surface area contributed by atoms with Crippen LogP contribution < -0.4 is 5.73 Å². The molecule has 1 aromatic heterocycles. The Morgan fingerprint density at radius 1 is 1.12 bits per heavy atom. The third kappa shape index (κ3) is 4.81. The predicted molar refractivity (Wildman–Crippen MR) is 94.6 cm³/mol. The van der Waals surface area contributed by atoms with Crippen LogP contribution in [-0.4, -0.2) is 63.6 Å². The van der Waals surface area contributed by atoms with E-state index in [1.807, 2.05) is 16.9 Å². The van der Waals surface area contributed by atoms with Crippen LogP contribution in [0.15, 0.2) is 18.5 Å². The van der Waals surface area contributed by atoms with Gasteiger partial charge in [-0.05, 0) is 57.7 Å². The summed E-state index contributed by atoms with van der Waals surface area (Å²) in [6, 6.07) is 2.26. The quantitative estimate of drug-likeness (QED) is 0.827. The molecule has 0 radical (unpaired) electrons. The number of carbonyl (C=O) groups is 2. The number of hydrogen-bond donors (Lipinski definition) is 1. The van der Waals surface area contributed by atoms with Gasteiger partial charge < -0.3 is 10.6 Å². The Kier molecular flexibility index (Phi) is 6.07. The van der Waals surface area contributed by atoms with Gasteiger partial charge >= 0.3 is 0 Å². The lowest BCUT2D eigenvalue weighted by molar-refractivity contribution is -0.141. The minimum atomic E-state index is -0.292. The molecule has 138 valence electrons. The summed E-state index contributed by atoms with van der Waals surface area (Å²) in [5.74, 6) is 0.109. The predicted octanol–water partition coefficient (Wildman–Crippen LogP) is 0.852. The molecular formula is C18H29N5O2. The van der Waals surface area contributed by atoms with Crippen LogP contribution in [0, 0.1) is 5.92 Å². The number of primary amides is 1. The first-order chi connectivity index (χ1) is 12.1. The van der Waals surface area contributed by atoms with Crippen LogP contribution in [-0.2, 0) is 16.1 Å². The van der Waals surface area contributed by atoms with Crippen LogP contribution in [0.3, 0.4) is 0 Å². The summed E-state index contributed by atoms with van der Waals surface area (Å²) in [5, 5.41) is 4.26.